The maximum absolute atomic E-state index is 11.9. The molecule has 0 aliphatic rings. The third kappa shape index (κ3) is 4.24. The molecule has 21 heavy (non-hydrogen) atoms. The van der Waals surface area contributed by atoms with Crippen molar-refractivity contribution in [3.05, 3.63) is 59.7 Å². The van der Waals surface area contributed by atoms with Crippen LogP contribution in [0.1, 0.15) is 29.3 Å². The second kappa shape index (κ2) is 7.33. The predicted octanol–water partition coefficient (Wildman–Crippen LogP) is 3.14. The van der Waals surface area contributed by atoms with Crippen LogP contribution < -0.4 is 10.6 Å². The first-order chi connectivity index (χ1) is 10.2. The highest BCUT2D eigenvalue weighted by atomic mass is 16.3. The predicted molar refractivity (Wildman–Crippen MR) is 84.5 cm³/mol. The van der Waals surface area contributed by atoms with Gasteiger partial charge in [-0.3, -0.25) is 4.79 Å². The molecule has 0 aromatic heterocycles. The zero-order chi connectivity index (χ0) is 15.1. The van der Waals surface area contributed by atoms with Crippen LogP contribution in [0.5, 0.6) is 5.75 Å². The summed E-state index contributed by atoms with van der Waals surface area (Å²) in [6.45, 7) is 3.20. The van der Waals surface area contributed by atoms with E-state index in [0.29, 0.717) is 18.7 Å². The van der Waals surface area contributed by atoms with E-state index < -0.39 is 0 Å². The number of hydrogen-bond acceptors (Lipinski definition) is 3. The minimum absolute atomic E-state index is 0.0666. The van der Waals surface area contributed by atoms with Crippen molar-refractivity contribution in [1.82, 2.24) is 5.32 Å². The summed E-state index contributed by atoms with van der Waals surface area (Å²) in [5.74, 6) is 0.199. The van der Waals surface area contributed by atoms with Gasteiger partial charge in [0.2, 0.25) is 0 Å². The number of anilines is 1. The van der Waals surface area contributed by atoms with E-state index in [9.17, 15) is 9.90 Å². The van der Waals surface area contributed by atoms with Crippen LogP contribution in [0.3, 0.4) is 0 Å². The number of amides is 1. The van der Waals surface area contributed by atoms with Crippen molar-refractivity contribution in [2.75, 3.05) is 11.9 Å². The van der Waals surface area contributed by atoms with E-state index in [-0.39, 0.29) is 11.7 Å². The lowest BCUT2D eigenvalue weighted by molar-refractivity contribution is 0.0953. The monoisotopic (exact) mass is 284 g/mol. The summed E-state index contributed by atoms with van der Waals surface area (Å²) in [6.07, 6.45) is 0.914. The third-order valence-corrected chi connectivity index (χ3v) is 3.13. The number of rotatable bonds is 6. The number of nitrogens with one attached hydrogen (secondary N) is 2. The highest BCUT2D eigenvalue weighted by molar-refractivity contribution is 5.95. The van der Waals surface area contributed by atoms with E-state index in [0.717, 1.165) is 17.7 Å². The number of hydrogen-bond donors (Lipinski definition) is 3. The second-order valence-corrected chi connectivity index (χ2v) is 4.82. The van der Waals surface area contributed by atoms with Crippen molar-refractivity contribution in [1.29, 1.82) is 0 Å². The molecule has 2 rings (SSSR count). The molecule has 0 spiro atoms. The van der Waals surface area contributed by atoms with Crippen LogP contribution >= 0.6 is 0 Å². The fourth-order valence-corrected chi connectivity index (χ4v) is 1.97. The molecule has 0 aliphatic heterocycles. The molecule has 0 saturated heterocycles. The Hall–Kier alpha value is -2.49. The van der Waals surface area contributed by atoms with Crippen molar-refractivity contribution in [3.8, 4) is 5.75 Å². The van der Waals surface area contributed by atoms with Gasteiger partial charge in [0.05, 0.1) is 0 Å². The maximum Gasteiger partial charge on any atom is 0.251 e. The smallest absolute Gasteiger partial charge is 0.251 e. The summed E-state index contributed by atoms with van der Waals surface area (Å²) >= 11 is 0. The van der Waals surface area contributed by atoms with Crippen LogP contribution in [0, 0.1) is 0 Å². The molecule has 4 heteroatoms. The molecule has 110 valence electrons. The van der Waals surface area contributed by atoms with E-state index in [2.05, 4.69) is 10.6 Å². The number of benzene rings is 2. The van der Waals surface area contributed by atoms with Gasteiger partial charge in [-0.05, 0) is 30.7 Å². The van der Waals surface area contributed by atoms with Crippen molar-refractivity contribution >= 4 is 11.6 Å². The number of phenols is 1. The van der Waals surface area contributed by atoms with Crippen LogP contribution in [-0.4, -0.2) is 17.6 Å². The highest BCUT2D eigenvalue weighted by Crippen LogP contribution is 2.18. The summed E-state index contributed by atoms with van der Waals surface area (Å²) in [5.41, 5.74) is 2.30. The maximum atomic E-state index is 11.9. The zero-order valence-corrected chi connectivity index (χ0v) is 12.1. The van der Waals surface area contributed by atoms with Gasteiger partial charge in [0.1, 0.15) is 5.75 Å². The van der Waals surface area contributed by atoms with Crippen LogP contribution in [0.25, 0.3) is 0 Å². The standard InChI is InChI=1S/C17H20N2O2/c1-2-10-18-17(21)13-7-5-8-15(11-13)19-12-14-6-3-4-9-16(14)20/h3-9,11,19-20H,2,10,12H2,1H3,(H,18,21). The largest absolute Gasteiger partial charge is 0.508 e. The number of phenolic OH excluding ortho intramolecular Hbond substituents is 1. The van der Waals surface area contributed by atoms with Crippen molar-refractivity contribution in [2.45, 2.75) is 19.9 Å². The molecule has 2 aromatic carbocycles. The fraction of sp³-hybridized carbons (Fsp3) is 0.235. The fourth-order valence-electron chi connectivity index (χ4n) is 1.97. The Kier molecular flexibility index (Phi) is 5.21. The quantitative estimate of drug-likeness (QED) is 0.763. The van der Waals surface area contributed by atoms with Gasteiger partial charge >= 0.3 is 0 Å². The van der Waals surface area contributed by atoms with Crippen LogP contribution in [0.2, 0.25) is 0 Å². The van der Waals surface area contributed by atoms with Crippen molar-refractivity contribution in [3.63, 3.8) is 0 Å². The lowest BCUT2D eigenvalue weighted by atomic mass is 10.1. The van der Waals surface area contributed by atoms with Crippen LogP contribution in [0.4, 0.5) is 5.69 Å². The lowest BCUT2D eigenvalue weighted by Crippen LogP contribution is -2.23. The molecule has 0 radical (unpaired) electrons. The van der Waals surface area contributed by atoms with E-state index in [1.54, 1.807) is 18.2 Å². The summed E-state index contributed by atoms with van der Waals surface area (Å²) in [4.78, 5) is 11.9. The van der Waals surface area contributed by atoms with E-state index in [1.165, 1.54) is 0 Å². The zero-order valence-electron chi connectivity index (χ0n) is 12.1. The van der Waals surface area contributed by atoms with Crippen molar-refractivity contribution in [2.24, 2.45) is 0 Å². The number of carbonyl (C=O) groups is 1. The minimum Gasteiger partial charge on any atom is -0.508 e. The van der Waals surface area contributed by atoms with Crippen molar-refractivity contribution < 1.29 is 9.90 Å². The molecule has 0 aliphatic carbocycles. The third-order valence-electron chi connectivity index (χ3n) is 3.13. The highest BCUT2D eigenvalue weighted by Gasteiger charge is 2.05. The number of aromatic hydroxyl groups is 1. The van der Waals surface area contributed by atoms with Gasteiger partial charge in [-0.25, -0.2) is 0 Å². The molecule has 0 unspecified atom stereocenters. The summed E-state index contributed by atoms with van der Waals surface area (Å²) in [5, 5.41) is 15.8. The van der Waals surface area contributed by atoms with Gasteiger partial charge in [0.25, 0.3) is 5.91 Å². The molecule has 0 bridgehead atoms. The van der Waals surface area contributed by atoms with E-state index in [1.807, 2.05) is 37.3 Å². The second-order valence-electron chi connectivity index (χ2n) is 4.82. The number of carbonyl (C=O) groups excluding carboxylic acids is 1. The Morgan fingerprint density at radius 3 is 2.71 bits per heavy atom. The Morgan fingerprint density at radius 2 is 1.95 bits per heavy atom. The molecule has 1 amide bonds. The molecule has 0 atom stereocenters. The topological polar surface area (TPSA) is 61.4 Å². The first-order valence-corrected chi connectivity index (χ1v) is 7.09. The first kappa shape index (κ1) is 14.9. The van der Waals surface area contributed by atoms with E-state index in [4.69, 9.17) is 0 Å². The molecule has 0 saturated carbocycles. The normalized spacial score (nSPS) is 10.1. The number of para-hydroxylation sites is 1. The summed E-state index contributed by atoms with van der Waals surface area (Å²) in [6, 6.07) is 14.5. The molecular formula is C17H20N2O2. The van der Waals surface area contributed by atoms with Gasteiger partial charge in [-0.2, -0.15) is 0 Å². The average Bonchev–Trinajstić information content (AvgIpc) is 2.52. The SMILES string of the molecule is CCCNC(=O)c1cccc(NCc2ccccc2O)c1. The molecule has 2 aromatic rings. The Balaban J connectivity index is 2.01. The van der Waals surface area contributed by atoms with Gasteiger partial charge in [-0.15, -0.1) is 0 Å². The Bertz CT molecular complexity index is 611. The molecule has 3 N–H and O–H groups in total. The van der Waals surface area contributed by atoms with Gasteiger partial charge in [0, 0.05) is 29.9 Å². The van der Waals surface area contributed by atoms with Gasteiger partial charge in [-0.1, -0.05) is 31.2 Å². The van der Waals surface area contributed by atoms with Crippen LogP contribution in [0.15, 0.2) is 48.5 Å². The Morgan fingerprint density at radius 1 is 1.14 bits per heavy atom. The Labute approximate surface area is 124 Å². The average molecular weight is 284 g/mol. The summed E-state index contributed by atoms with van der Waals surface area (Å²) in [7, 11) is 0. The lowest BCUT2D eigenvalue weighted by Gasteiger charge is -2.10. The van der Waals surface area contributed by atoms with E-state index >= 15 is 0 Å². The van der Waals surface area contributed by atoms with Gasteiger partial charge in [0.15, 0.2) is 0 Å². The minimum atomic E-state index is -0.0666. The summed E-state index contributed by atoms with van der Waals surface area (Å²) < 4.78 is 0. The van der Waals surface area contributed by atoms with Crippen LogP contribution in [-0.2, 0) is 6.54 Å². The molecule has 0 fully saturated rings. The molecule has 0 heterocycles. The first-order valence-electron chi connectivity index (χ1n) is 7.09. The molecular weight excluding hydrogens is 264 g/mol. The molecule has 4 nitrogen and oxygen atoms in total. The van der Waals surface area contributed by atoms with Gasteiger partial charge < -0.3 is 15.7 Å².